The van der Waals surface area contributed by atoms with E-state index in [1.165, 1.54) is 21.7 Å². The van der Waals surface area contributed by atoms with Crippen molar-refractivity contribution in [2.24, 2.45) is 0 Å². The van der Waals surface area contributed by atoms with Gasteiger partial charge in [0.1, 0.15) is 0 Å². The summed E-state index contributed by atoms with van der Waals surface area (Å²) in [7, 11) is 0. The van der Waals surface area contributed by atoms with E-state index >= 15 is 0 Å². The molecule has 224 valence electrons. The molecule has 0 unspecified atom stereocenters. The largest absolute Gasteiger partial charge is 0.208 e. The van der Waals surface area contributed by atoms with Crippen LogP contribution in [0.3, 0.4) is 0 Å². The van der Waals surface area contributed by atoms with E-state index in [1.807, 2.05) is 0 Å². The molecule has 0 spiro atoms. The van der Waals surface area contributed by atoms with Gasteiger partial charge in [0.15, 0.2) is 17.5 Å². The highest BCUT2D eigenvalue weighted by Gasteiger charge is 2.19. The van der Waals surface area contributed by atoms with E-state index in [0.29, 0.717) is 17.5 Å². The van der Waals surface area contributed by atoms with E-state index in [9.17, 15) is 0 Å². The minimum absolute atomic E-state index is 0.641. The van der Waals surface area contributed by atoms with Gasteiger partial charge in [0.2, 0.25) is 0 Å². The fourth-order valence-electron chi connectivity index (χ4n) is 6.67. The molecule has 9 rings (SSSR count). The predicted molar refractivity (Wildman–Crippen MR) is 200 cm³/mol. The van der Waals surface area contributed by atoms with Crippen LogP contribution in [-0.2, 0) is 0 Å². The first kappa shape index (κ1) is 27.8. The van der Waals surface area contributed by atoms with E-state index in [4.69, 9.17) is 15.0 Å². The van der Waals surface area contributed by atoms with Crippen LogP contribution >= 0.6 is 0 Å². The molecule has 0 bridgehead atoms. The van der Waals surface area contributed by atoms with Crippen molar-refractivity contribution in [1.29, 1.82) is 0 Å². The molecule has 3 heteroatoms. The second-order valence-electron chi connectivity index (χ2n) is 12.1. The highest BCUT2D eigenvalue weighted by molar-refractivity contribution is 6.04. The molecule has 0 fully saturated rings. The third kappa shape index (κ3) is 5.08. The molecule has 1 aromatic heterocycles. The van der Waals surface area contributed by atoms with Gasteiger partial charge in [0.25, 0.3) is 0 Å². The number of nitrogens with zero attached hydrogens (tertiary/aromatic N) is 3. The maximum atomic E-state index is 5.22. The van der Waals surface area contributed by atoms with Crippen LogP contribution in [0.15, 0.2) is 176 Å². The minimum Gasteiger partial charge on any atom is -0.208 e. The monoisotopic (exact) mass is 611 g/mol. The van der Waals surface area contributed by atoms with Crippen molar-refractivity contribution in [1.82, 2.24) is 15.0 Å². The first-order valence-corrected chi connectivity index (χ1v) is 16.2. The Bertz CT molecular complexity index is 2530. The zero-order valence-electron chi connectivity index (χ0n) is 26.1. The van der Waals surface area contributed by atoms with Gasteiger partial charge in [-0.25, -0.2) is 15.0 Å². The van der Waals surface area contributed by atoms with Crippen LogP contribution in [0.4, 0.5) is 0 Å². The second kappa shape index (κ2) is 11.7. The quantitative estimate of drug-likeness (QED) is 0.194. The highest BCUT2D eigenvalue weighted by atomic mass is 15.0. The fraction of sp³-hybridized carbons (Fsp3) is 0. The van der Waals surface area contributed by atoms with Crippen LogP contribution in [0.5, 0.6) is 0 Å². The third-order valence-electron chi connectivity index (χ3n) is 9.08. The van der Waals surface area contributed by atoms with Crippen LogP contribution in [0.2, 0.25) is 0 Å². The van der Waals surface area contributed by atoms with Gasteiger partial charge in [0, 0.05) is 22.3 Å². The summed E-state index contributed by atoms with van der Waals surface area (Å²) in [4.78, 5) is 15.5. The SMILES string of the molecule is c1ccc(-c2cccc(-c3c(-c4nc(-c5ccc6ccccc6c5)nc(-c5ccc6ccccc6c5)n4)ccc4ccccc34)c2)cc1. The summed E-state index contributed by atoms with van der Waals surface area (Å²) in [6.45, 7) is 0. The number of benzene rings is 8. The average molecular weight is 612 g/mol. The Morgan fingerprint density at radius 2 is 0.771 bits per heavy atom. The lowest BCUT2D eigenvalue weighted by Crippen LogP contribution is -2.01. The molecule has 0 atom stereocenters. The van der Waals surface area contributed by atoms with Gasteiger partial charge in [-0.1, -0.05) is 152 Å². The molecule has 0 amide bonds. The first-order valence-electron chi connectivity index (χ1n) is 16.2. The van der Waals surface area contributed by atoms with Gasteiger partial charge in [-0.3, -0.25) is 0 Å². The van der Waals surface area contributed by atoms with Crippen LogP contribution in [0.25, 0.3) is 88.7 Å². The van der Waals surface area contributed by atoms with Crippen molar-refractivity contribution < 1.29 is 0 Å². The molecule has 0 radical (unpaired) electrons. The number of hydrogen-bond donors (Lipinski definition) is 0. The number of hydrogen-bond acceptors (Lipinski definition) is 3. The Labute approximate surface area is 278 Å². The molecule has 8 aromatic carbocycles. The normalized spacial score (nSPS) is 11.3. The maximum absolute atomic E-state index is 5.22. The molecular formula is C45H29N3. The standard InChI is InChI=1S/C45H29N3/c1-2-11-30(12-3-1)36-18-10-19-37(27-36)42-40-20-9-8-15-33(40)25-26-41(42)45-47-43(38-23-21-31-13-4-6-16-34(31)28-38)46-44(48-45)39-24-22-32-14-5-7-17-35(32)29-39/h1-29H. The summed E-state index contributed by atoms with van der Waals surface area (Å²) in [5, 5.41) is 6.97. The van der Waals surface area contributed by atoms with E-state index in [2.05, 4.69) is 176 Å². The Morgan fingerprint density at radius 3 is 1.44 bits per heavy atom. The summed E-state index contributed by atoms with van der Waals surface area (Å²) < 4.78 is 0. The van der Waals surface area contributed by atoms with Gasteiger partial charge < -0.3 is 0 Å². The molecule has 48 heavy (non-hydrogen) atoms. The molecule has 0 aliphatic rings. The summed E-state index contributed by atoms with van der Waals surface area (Å²) in [6.07, 6.45) is 0. The van der Waals surface area contributed by atoms with Crippen LogP contribution in [0, 0.1) is 0 Å². The Balaban J connectivity index is 1.30. The summed E-state index contributed by atoms with van der Waals surface area (Å²) in [5.41, 5.74) is 7.43. The summed E-state index contributed by atoms with van der Waals surface area (Å²) in [5.74, 6) is 1.93. The van der Waals surface area contributed by atoms with Crippen LogP contribution < -0.4 is 0 Å². The van der Waals surface area contributed by atoms with Crippen molar-refractivity contribution in [3.05, 3.63) is 176 Å². The van der Waals surface area contributed by atoms with Crippen molar-refractivity contribution in [2.75, 3.05) is 0 Å². The molecule has 0 aliphatic heterocycles. The summed E-state index contributed by atoms with van der Waals surface area (Å²) in [6, 6.07) is 61.8. The zero-order valence-corrected chi connectivity index (χ0v) is 26.1. The first-order chi connectivity index (χ1) is 23.8. The predicted octanol–water partition coefficient (Wildman–Crippen LogP) is 11.7. The highest BCUT2D eigenvalue weighted by Crippen LogP contribution is 2.39. The number of fused-ring (bicyclic) bond motifs is 3. The topological polar surface area (TPSA) is 38.7 Å². The Hall–Kier alpha value is -6.45. The van der Waals surface area contributed by atoms with Crippen molar-refractivity contribution >= 4 is 32.3 Å². The van der Waals surface area contributed by atoms with E-state index < -0.39 is 0 Å². The molecule has 0 aliphatic carbocycles. The van der Waals surface area contributed by atoms with Gasteiger partial charge in [-0.2, -0.15) is 0 Å². The molecule has 0 N–H and O–H groups in total. The fourth-order valence-corrected chi connectivity index (χ4v) is 6.67. The van der Waals surface area contributed by atoms with Gasteiger partial charge in [-0.15, -0.1) is 0 Å². The Morgan fingerprint density at radius 1 is 0.271 bits per heavy atom. The smallest absolute Gasteiger partial charge is 0.164 e. The molecule has 0 saturated carbocycles. The number of aromatic nitrogens is 3. The van der Waals surface area contributed by atoms with E-state index in [1.54, 1.807) is 0 Å². The molecule has 1 heterocycles. The number of rotatable bonds is 5. The lowest BCUT2D eigenvalue weighted by atomic mass is 9.91. The van der Waals surface area contributed by atoms with Crippen LogP contribution in [-0.4, -0.2) is 15.0 Å². The summed E-state index contributed by atoms with van der Waals surface area (Å²) >= 11 is 0. The lowest BCUT2D eigenvalue weighted by Gasteiger charge is -2.16. The second-order valence-corrected chi connectivity index (χ2v) is 12.1. The van der Waals surface area contributed by atoms with Crippen molar-refractivity contribution in [2.45, 2.75) is 0 Å². The molecular weight excluding hydrogens is 583 g/mol. The molecule has 9 aromatic rings. The third-order valence-corrected chi connectivity index (χ3v) is 9.08. The minimum atomic E-state index is 0.641. The zero-order chi connectivity index (χ0) is 31.9. The van der Waals surface area contributed by atoms with Gasteiger partial charge in [0.05, 0.1) is 0 Å². The average Bonchev–Trinajstić information content (AvgIpc) is 3.17. The Kier molecular flexibility index (Phi) is 6.80. The van der Waals surface area contributed by atoms with Gasteiger partial charge >= 0.3 is 0 Å². The molecule has 0 saturated heterocycles. The van der Waals surface area contributed by atoms with Crippen molar-refractivity contribution in [3.63, 3.8) is 0 Å². The maximum Gasteiger partial charge on any atom is 0.164 e. The van der Waals surface area contributed by atoms with E-state index in [0.717, 1.165) is 49.5 Å². The van der Waals surface area contributed by atoms with Crippen molar-refractivity contribution in [3.8, 4) is 56.4 Å². The molecule has 3 nitrogen and oxygen atoms in total. The van der Waals surface area contributed by atoms with E-state index in [-0.39, 0.29) is 0 Å². The lowest BCUT2D eigenvalue weighted by molar-refractivity contribution is 1.08. The van der Waals surface area contributed by atoms with Gasteiger partial charge in [-0.05, 0) is 73.3 Å². The van der Waals surface area contributed by atoms with Crippen LogP contribution in [0.1, 0.15) is 0 Å².